The minimum absolute atomic E-state index is 0.184. The summed E-state index contributed by atoms with van der Waals surface area (Å²) in [6, 6.07) is 16.9. The Hall–Kier alpha value is -3.87. The van der Waals surface area contributed by atoms with E-state index < -0.39 is 24.4 Å². The van der Waals surface area contributed by atoms with Crippen molar-refractivity contribution in [3.8, 4) is 0 Å². The van der Waals surface area contributed by atoms with E-state index in [1.807, 2.05) is 24.3 Å². The third-order valence-electron chi connectivity index (χ3n) is 4.83. The van der Waals surface area contributed by atoms with Crippen molar-refractivity contribution in [3.63, 3.8) is 0 Å². The highest BCUT2D eigenvalue weighted by atomic mass is 16.5. The van der Waals surface area contributed by atoms with Crippen molar-refractivity contribution in [3.05, 3.63) is 83.8 Å². The molecule has 0 aliphatic rings. The summed E-state index contributed by atoms with van der Waals surface area (Å²) in [7, 11) is 0. The van der Waals surface area contributed by atoms with Gasteiger partial charge >= 0.3 is 5.97 Å². The molecule has 0 radical (unpaired) electrons. The van der Waals surface area contributed by atoms with Crippen LogP contribution in [0, 0.1) is 0 Å². The SMILES string of the molecule is CC[C@H](C)c1ccc(NC(=O)COC(=O)c2ccc(NC(=O)c3ccco3)cc2)cc1. The summed E-state index contributed by atoms with van der Waals surface area (Å²) < 4.78 is 10.1. The summed E-state index contributed by atoms with van der Waals surface area (Å²) in [5.74, 6) is -0.813. The zero-order valence-electron chi connectivity index (χ0n) is 17.4. The molecule has 7 nitrogen and oxygen atoms in total. The number of rotatable bonds is 8. The fourth-order valence-corrected chi connectivity index (χ4v) is 2.83. The molecule has 0 unspecified atom stereocenters. The number of anilines is 2. The Bertz CT molecular complexity index is 1020. The molecule has 0 fully saturated rings. The molecule has 1 heterocycles. The minimum atomic E-state index is -0.633. The molecule has 31 heavy (non-hydrogen) atoms. The van der Waals surface area contributed by atoms with Crippen LogP contribution in [0.1, 0.15) is 52.7 Å². The van der Waals surface area contributed by atoms with Gasteiger partial charge in [-0.15, -0.1) is 0 Å². The molecule has 7 heteroatoms. The Labute approximate surface area is 180 Å². The number of furan rings is 1. The first-order chi connectivity index (χ1) is 15.0. The second-order valence-electron chi connectivity index (χ2n) is 7.06. The fourth-order valence-electron chi connectivity index (χ4n) is 2.83. The van der Waals surface area contributed by atoms with Crippen molar-refractivity contribution in [2.75, 3.05) is 17.2 Å². The molecule has 0 bridgehead atoms. The smallest absolute Gasteiger partial charge is 0.338 e. The number of amides is 2. The number of carbonyl (C=O) groups is 3. The van der Waals surface area contributed by atoms with Crippen LogP contribution in [0.25, 0.3) is 0 Å². The second kappa shape index (κ2) is 10.2. The number of nitrogens with one attached hydrogen (secondary N) is 2. The largest absolute Gasteiger partial charge is 0.459 e. The molecule has 0 aliphatic carbocycles. The monoisotopic (exact) mass is 420 g/mol. The summed E-state index contributed by atoms with van der Waals surface area (Å²) in [5, 5.41) is 5.36. The maximum atomic E-state index is 12.2. The van der Waals surface area contributed by atoms with Crippen molar-refractivity contribution in [1.29, 1.82) is 0 Å². The lowest BCUT2D eigenvalue weighted by Crippen LogP contribution is -2.21. The van der Waals surface area contributed by atoms with Crippen molar-refractivity contribution in [2.45, 2.75) is 26.2 Å². The Kier molecular flexibility index (Phi) is 7.22. The van der Waals surface area contributed by atoms with E-state index in [1.54, 1.807) is 24.3 Å². The van der Waals surface area contributed by atoms with Crippen LogP contribution in [0.15, 0.2) is 71.3 Å². The second-order valence-corrected chi connectivity index (χ2v) is 7.06. The summed E-state index contributed by atoms with van der Waals surface area (Å²) in [6.45, 7) is 3.87. The van der Waals surface area contributed by atoms with Gasteiger partial charge in [-0.25, -0.2) is 4.79 Å². The quantitative estimate of drug-likeness (QED) is 0.508. The number of benzene rings is 2. The van der Waals surface area contributed by atoms with E-state index in [0.717, 1.165) is 6.42 Å². The van der Waals surface area contributed by atoms with Crippen LogP contribution in [-0.4, -0.2) is 24.4 Å². The lowest BCUT2D eigenvalue weighted by atomic mass is 9.99. The fraction of sp³-hybridized carbons (Fsp3) is 0.208. The minimum Gasteiger partial charge on any atom is -0.459 e. The van der Waals surface area contributed by atoms with E-state index in [4.69, 9.17) is 9.15 Å². The molecule has 0 aliphatic heterocycles. The average molecular weight is 420 g/mol. The average Bonchev–Trinajstić information content (AvgIpc) is 3.33. The molecule has 0 spiro atoms. The molecular weight excluding hydrogens is 396 g/mol. The first-order valence-corrected chi connectivity index (χ1v) is 9.98. The van der Waals surface area contributed by atoms with Gasteiger partial charge in [-0.1, -0.05) is 26.0 Å². The molecule has 160 valence electrons. The highest BCUT2D eigenvalue weighted by Gasteiger charge is 2.12. The van der Waals surface area contributed by atoms with Gasteiger partial charge in [0.15, 0.2) is 12.4 Å². The summed E-state index contributed by atoms with van der Waals surface area (Å²) in [4.78, 5) is 36.2. The van der Waals surface area contributed by atoms with Crippen LogP contribution in [0.3, 0.4) is 0 Å². The van der Waals surface area contributed by atoms with Crippen molar-refractivity contribution in [1.82, 2.24) is 0 Å². The van der Waals surface area contributed by atoms with Gasteiger partial charge in [-0.3, -0.25) is 9.59 Å². The molecule has 2 aromatic carbocycles. The van der Waals surface area contributed by atoms with Crippen LogP contribution < -0.4 is 10.6 Å². The first kappa shape index (κ1) is 21.8. The lowest BCUT2D eigenvalue weighted by molar-refractivity contribution is -0.119. The number of hydrogen-bond acceptors (Lipinski definition) is 5. The van der Waals surface area contributed by atoms with Gasteiger partial charge in [0.25, 0.3) is 11.8 Å². The van der Waals surface area contributed by atoms with E-state index in [1.165, 1.54) is 24.0 Å². The maximum Gasteiger partial charge on any atom is 0.338 e. The number of esters is 1. The molecule has 1 atom stereocenters. The molecule has 2 N–H and O–H groups in total. The zero-order valence-corrected chi connectivity index (χ0v) is 17.4. The highest BCUT2D eigenvalue weighted by molar-refractivity contribution is 6.02. The van der Waals surface area contributed by atoms with Crippen LogP contribution in [0.2, 0.25) is 0 Å². The van der Waals surface area contributed by atoms with E-state index in [-0.39, 0.29) is 11.3 Å². The number of carbonyl (C=O) groups excluding carboxylic acids is 3. The van der Waals surface area contributed by atoms with E-state index in [2.05, 4.69) is 24.5 Å². The predicted molar refractivity (Wildman–Crippen MR) is 117 cm³/mol. The van der Waals surface area contributed by atoms with Gasteiger partial charge in [-0.2, -0.15) is 0 Å². The first-order valence-electron chi connectivity index (χ1n) is 9.98. The summed E-state index contributed by atoms with van der Waals surface area (Å²) in [5.41, 5.74) is 2.61. The van der Waals surface area contributed by atoms with Crippen molar-refractivity contribution >= 4 is 29.2 Å². The van der Waals surface area contributed by atoms with Gasteiger partial charge in [0.05, 0.1) is 11.8 Å². The third-order valence-corrected chi connectivity index (χ3v) is 4.83. The van der Waals surface area contributed by atoms with E-state index in [9.17, 15) is 14.4 Å². The number of ether oxygens (including phenoxy) is 1. The van der Waals surface area contributed by atoms with Gasteiger partial charge in [0, 0.05) is 11.4 Å². The van der Waals surface area contributed by atoms with E-state index >= 15 is 0 Å². The third kappa shape index (κ3) is 6.05. The maximum absolute atomic E-state index is 12.2. The van der Waals surface area contributed by atoms with Crippen LogP contribution in [0.4, 0.5) is 11.4 Å². The van der Waals surface area contributed by atoms with Gasteiger partial charge in [-0.05, 0) is 66.4 Å². The highest BCUT2D eigenvalue weighted by Crippen LogP contribution is 2.20. The summed E-state index contributed by atoms with van der Waals surface area (Å²) in [6.07, 6.45) is 2.45. The van der Waals surface area contributed by atoms with Crippen molar-refractivity contribution in [2.24, 2.45) is 0 Å². The summed E-state index contributed by atoms with van der Waals surface area (Å²) >= 11 is 0. The molecular formula is C24H24N2O5. The van der Waals surface area contributed by atoms with Gasteiger partial charge < -0.3 is 19.8 Å². The molecule has 2 amide bonds. The Morgan fingerprint density at radius 1 is 0.935 bits per heavy atom. The van der Waals surface area contributed by atoms with Gasteiger partial charge in [0.2, 0.25) is 0 Å². The van der Waals surface area contributed by atoms with Crippen molar-refractivity contribution < 1.29 is 23.5 Å². The van der Waals surface area contributed by atoms with Crippen LogP contribution in [-0.2, 0) is 9.53 Å². The lowest BCUT2D eigenvalue weighted by Gasteiger charge is -2.11. The molecule has 3 rings (SSSR count). The van der Waals surface area contributed by atoms with Crippen LogP contribution >= 0.6 is 0 Å². The normalized spacial score (nSPS) is 11.4. The zero-order chi connectivity index (χ0) is 22.2. The standard InChI is InChI=1S/C24H24N2O5/c1-3-16(2)17-6-10-19(11-7-17)25-22(27)15-31-24(29)18-8-12-20(13-9-18)26-23(28)21-5-4-14-30-21/h4-14,16H,3,15H2,1-2H3,(H,25,27)(H,26,28)/t16-/m0/s1. The molecule has 3 aromatic rings. The van der Waals surface area contributed by atoms with Crippen LogP contribution in [0.5, 0.6) is 0 Å². The topological polar surface area (TPSA) is 97.6 Å². The Morgan fingerprint density at radius 2 is 1.58 bits per heavy atom. The van der Waals surface area contributed by atoms with Gasteiger partial charge in [0.1, 0.15) is 0 Å². The number of hydrogen-bond donors (Lipinski definition) is 2. The molecule has 0 saturated carbocycles. The Morgan fingerprint density at radius 3 is 2.19 bits per heavy atom. The molecule has 0 saturated heterocycles. The Balaban J connectivity index is 1.47. The van der Waals surface area contributed by atoms with E-state index in [0.29, 0.717) is 17.3 Å². The predicted octanol–water partition coefficient (Wildman–Crippen LogP) is 4.84. The molecule has 1 aromatic heterocycles.